The second-order valence-electron chi connectivity index (χ2n) is 6.05. The molecule has 1 unspecified atom stereocenters. The van der Waals surface area contributed by atoms with Crippen LogP contribution in [0.25, 0.3) is 0 Å². The Balaban J connectivity index is 1.64. The highest BCUT2D eigenvalue weighted by Crippen LogP contribution is 2.33. The molecule has 1 saturated heterocycles. The summed E-state index contributed by atoms with van der Waals surface area (Å²) in [6, 6.07) is 4.89. The molecule has 1 atom stereocenters. The van der Waals surface area contributed by atoms with Crippen LogP contribution in [0.4, 0.5) is 0 Å². The Morgan fingerprint density at radius 3 is 2.76 bits per heavy atom. The Morgan fingerprint density at radius 2 is 2.05 bits per heavy atom. The van der Waals surface area contributed by atoms with Gasteiger partial charge in [-0.05, 0) is 24.6 Å². The fourth-order valence-electron chi connectivity index (χ4n) is 3.22. The average molecular weight is 354 g/mol. The Labute approximate surface area is 135 Å². The molecular formula is C16H24BrN3O. The van der Waals surface area contributed by atoms with E-state index in [9.17, 15) is 0 Å². The van der Waals surface area contributed by atoms with Crippen molar-refractivity contribution in [2.75, 3.05) is 39.3 Å². The van der Waals surface area contributed by atoms with Gasteiger partial charge in [-0.3, -0.25) is 9.80 Å². The molecule has 2 aliphatic heterocycles. The van der Waals surface area contributed by atoms with Gasteiger partial charge in [-0.2, -0.15) is 0 Å². The van der Waals surface area contributed by atoms with Gasteiger partial charge in [-0.1, -0.05) is 15.9 Å². The van der Waals surface area contributed by atoms with Gasteiger partial charge in [0.1, 0.15) is 5.75 Å². The summed E-state index contributed by atoms with van der Waals surface area (Å²) in [6.45, 7) is 9.17. The number of piperazine rings is 1. The van der Waals surface area contributed by atoms with Crippen molar-refractivity contribution in [1.82, 2.24) is 9.80 Å². The highest BCUT2D eigenvalue weighted by Gasteiger charge is 2.23. The first-order chi connectivity index (χ1) is 10.2. The molecule has 0 amide bonds. The van der Waals surface area contributed by atoms with Crippen LogP contribution in [0, 0.1) is 0 Å². The zero-order valence-corrected chi connectivity index (χ0v) is 14.2. The number of rotatable bonds is 4. The van der Waals surface area contributed by atoms with Crippen molar-refractivity contribution >= 4 is 15.9 Å². The monoisotopic (exact) mass is 353 g/mol. The van der Waals surface area contributed by atoms with E-state index in [1.54, 1.807) is 0 Å². The minimum atomic E-state index is 0.491. The molecule has 0 spiro atoms. The van der Waals surface area contributed by atoms with E-state index < -0.39 is 0 Å². The maximum atomic E-state index is 5.83. The van der Waals surface area contributed by atoms with Crippen LogP contribution in [-0.4, -0.2) is 55.2 Å². The molecule has 0 radical (unpaired) electrons. The van der Waals surface area contributed by atoms with E-state index in [0.717, 1.165) is 62.5 Å². The molecule has 2 aliphatic rings. The van der Waals surface area contributed by atoms with Gasteiger partial charge in [-0.25, -0.2) is 0 Å². The summed E-state index contributed by atoms with van der Waals surface area (Å²) < 4.78 is 6.99. The van der Waals surface area contributed by atoms with Gasteiger partial charge in [0, 0.05) is 61.8 Å². The number of fused-ring (bicyclic) bond motifs is 1. The number of halogens is 1. The number of nitrogens with two attached hydrogens (primary N) is 1. The van der Waals surface area contributed by atoms with Gasteiger partial charge >= 0.3 is 0 Å². The molecule has 1 aromatic carbocycles. The van der Waals surface area contributed by atoms with Gasteiger partial charge in [0.2, 0.25) is 0 Å². The number of ether oxygens (including phenoxy) is 1. The van der Waals surface area contributed by atoms with E-state index in [1.807, 2.05) is 0 Å². The molecule has 0 aromatic heterocycles. The molecule has 4 nitrogen and oxygen atoms in total. The third-order valence-corrected chi connectivity index (χ3v) is 5.05. The number of nitrogens with zero attached hydrogens (tertiary/aromatic N) is 2. The quantitative estimate of drug-likeness (QED) is 0.896. The highest BCUT2D eigenvalue weighted by molar-refractivity contribution is 9.10. The molecule has 0 aliphatic carbocycles. The first-order valence-corrected chi connectivity index (χ1v) is 8.57. The minimum absolute atomic E-state index is 0.491. The third kappa shape index (κ3) is 3.42. The maximum absolute atomic E-state index is 5.83. The van der Waals surface area contributed by atoms with Crippen molar-refractivity contribution in [3.63, 3.8) is 0 Å². The van der Waals surface area contributed by atoms with Crippen molar-refractivity contribution < 1.29 is 4.74 Å². The summed E-state index contributed by atoms with van der Waals surface area (Å²) in [5, 5.41) is 0. The summed E-state index contributed by atoms with van der Waals surface area (Å²) in [7, 11) is 0. The van der Waals surface area contributed by atoms with Crippen molar-refractivity contribution in [3.8, 4) is 5.75 Å². The maximum Gasteiger partial charge on any atom is 0.127 e. The van der Waals surface area contributed by atoms with Crippen LogP contribution in [-0.2, 0) is 13.0 Å². The van der Waals surface area contributed by atoms with E-state index in [2.05, 4.69) is 44.8 Å². The van der Waals surface area contributed by atoms with Crippen LogP contribution < -0.4 is 10.5 Å². The Morgan fingerprint density at radius 1 is 1.29 bits per heavy atom. The molecule has 2 N–H and O–H groups in total. The zero-order chi connectivity index (χ0) is 14.8. The SMILES string of the molecule is CC(CN)N1CCN(Cc2cc(Br)cc3c2OCC3)CC1. The standard InChI is InChI=1S/C16H24BrN3O/c1-12(10-18)20-5-3-19(4-6-20)11-14-9-15(17)8-13-2-7-21-16(13)14/h8-9,12H,2-7,10-11,18H2,1H3. The van der Waals surface area contributed by atoms with E-state index in [-0.39, 0.29) is 0 Å². The third-order valence-electron chi connectivity index (χ3n) is 4.59. The zero-order valence-electron chi connectivity index (χ0n) is 12.6. The van der Waals surface area contributed by atoms with Crippen LogP contribution >= 0.6 is 15.9 Å². The van der Waals surface area contributed by atoms with E-state index >= 15 is 0 Å². The van der Waals surface area contributed by atoms with Crippen LogP contribution in [0.2, 0.25) is 0 Å². The molecule has 1 fully saturated rings. The second kappa shape index (κ2) is 6.65. The van der Waals surface area contributed by atoms with Gasteiger partial charge in [0.25, 0.3) is 0 Å². The lowest BCUT2D eigenvalue weighted by Crippen LogP contribution is -2.51. The van der Waals surface area contributed by atoms with Gasteiger partial charge < -0.3 is 10.5 Å². The average Bonchev–Trinajstić information content (AvgIpc) is 2.95. The largest absolute Gasteiger partial charge is 0.493 e. The van der Waals surface area contributed by atoms with Crippen molar-refractivity contribution in [2.45, 2.75) is 25.9 Å². The molecule has 116 valence electrons. The summed E-state index contributed by atoms with van der Waals surface area (Å²) in [5.74, 6) is 1.12. The highest BCUT2D eigenvalue weighted by atomic mass is 79.9. The molecule has 5 heteroatoms. The lowest BCUT2D eigenvalue weighted by Gasteiger charge is -2.37. The van der Waals surface area contributed by atoms with Gasteiger partial charge in [0.05, 0.1) is 6.61 Å². The van der Waals surface area contributed by atoms with Crippen LogP contribution in [0.1, 0.15) is 18.1 Å². The van der Waals surface area contributed by atoms with E-state index in [0.29, 0.717) is 6.04 Å². The topological polar surface area (TPSA) is 41.7 Å². The van der Waals surface area contributed by atoms with Crippen LogP contribution in [0.15, 0.2) is 16.6 Å². The first-order valence-electron chi connectivity index (χ1n) is 7.78. The molecule has 0 bridgehead atoms. The molecule has 0 saturated carbocycles. The summed E-state index contributed by atoms with van der Waals surface area (Å²) in [6.07, 6.45) is 1.03. The number of benzene rings is 1. The summed E-state index contributed by atoms with van der Waals surface area (Å²) in [5.41, 5.74) is 8.42. The lowest BCUT2D eigenvalue weighted by molar-refractivity contribution is 0.0999. The Kier molecular flexibility index (Phi) is 4.84. The molecule has 2 heterocycles. The minimum Gasteiger partial charge on any atom is -0.493 e. The smallest absolute Gasteiger partial charge is 0.127 e. The predicted octanol–water partition coefficient (Wildman–Crippen LogP) is 1.85. The molecule has 21 heavy (non-hydrogen) atoms. The number of hydrogen-bond donors (Lipinski definition) is 1. The Hall–Kier alpha value is -0.620. The van der Waals surface area contributed by atoms with Crippen molar-refractivity contribution in [3.05, 3.63) is 27.7 Å². The van der Waals surface area contributed by atoms with Crippen molar-refractivity contribution in [1.29, 1.82) is 0 Å². The van der Waals surface area contributed by atoms with Crippen LogP contribution in [0.3, 0.4) is 0 Å². The molecule has 1 aromatic rings. The van der Waals surface area contributed by atoms with E-state index in [1.165, 1.54) is 11.1 Å². The molecule has 3 rings (SSSR count). The predicted molar refractivity (Wildman–Crippen MR) is 88.7 cm³/mol. The fourth-order valence-corrected chi connectivity index (χ4v) is 3.77. The lowest BCUT2D eigenvalue weighted by atomic mass is 10.1. The van der Waals surface area contributed by atoms with Gasteiger partial charge in [0.15, 0.2) is 0 Å². The fraction of sp³-hybridized carbons (Fsp3) is 0.625. The number of hydrogen-bond acceptors (Lipinski definition) is 4. The van der Waals surface area contributed by atoms with E-state index in [4.69, 9.17) is 10.5 Å². The normalized spacial score (nSPS) is 21.1. The summed E-state index contributed by atoms with van der Waals surface area (Å²) in [4.78, 5) is 5.00. The second-order valence-corrected chi connectivity index (χ2v) is 6.96. The van der Waals surface area contributed by atoms with Crippen molar-refractivity contribution in [2.24, 2.45) is 5.73 Å². The van der Waals surface area contributed by atoms with Crippen LogP contribution in [0.5, 0.6) is 5.75 Å². The molecular weight excluding hydrogens is 330 g/mol. The summed E-state index contributed by atoms with van der Waals surface area (Å²) >= 11 is 3.62. The Bertz CT molecular complexity index is 501. The first kappa shape index (κ1) is 15.3. The van der Waals surface area contributed by atoms with Gasteiger partial charge in [-0.15, -0.1) is 0 Å².